The highest BCUT2D eigenvalue weighted by Gasteiger charge is 2.18. The molecule has 2 N–H and O–H groups in total. The lowest BCUT2D eigenvalue weighted by Crippen LogP contribution is -2.48. The maximum Gasteiger partial charge on any atom is 0.234 e. The largest absolute Gasteiger partial charge is 0.374 e. The van der Waals surface area contributed by atoms with Crippen molar-refractivity contribution in [1.82, 2.24) is 15.5 Å². The van der Waals surface area contributed by atoms with Gasteiger partial charge in [-0.2, -0.15) is 0 Å². The Morgan fingerprint density at radius 1 is 1.47 bits per heavy atom. The minimum atomic E-state index is -0.166. The molecule has 1 saturated heterocycles. The lowest BCUT2D eigenvalue weighted by Gasteiger charge is -2.30. The van der Waals surface area contributed by atoms with Gasteiger partial charge in [-0.05, 0) is 27.8 Å². The number of hydrogen-bond donors (Lipinski definition) is 2. The van der Waals surface area contributed by atoms with Crippen LogP contribution in [0.1, 0.15) is 20.8 Å². The standard InChI is InChI=1S/C12H25N3O2/c1-12(2,3)14-11(16)8-13-7-10-9-15(4)5-6-17-10/h10,13H,5-9H2,1-4H3,(H,14,16). The number of rotatable bonds is 4. The molecule has 0 aromatic carbocycles. The molecular weight excluding hydrogens is 218 g/mol. The molecule has 1 amide bonds. The normalized spacial score (nSPS) is 22.5. The molecule has 0 aromatic rings. The Bertz CT molecular complexity index is 251. The third kappa shape index (κ3) is 6.61. The lowest BCUT2D eigenvalue weighted by molar-refractivity contribution is -0.121. The second-order valence-corrected chi connectivity index (χ2v) is 5.68. The molecule has 0 spiro atoms. The molecule has 5 nitrogen and oxygen atoms in total. The minimum absolute atomic E-state index is 0.0293. The number of ether oxygens (including phenoxy) is 1. The Balaban J connectivity index is 2.13. The fraction of sp³-hybridized carbons (Fsp3) is 0.917. The van der Waals surface area contributed by atoms with Gasteiger partial charge in [0.05, 0.1) is 19.3 Å². The number of likely N-dealkylation sites (N-methyl/N-ethyl adjacent to an activating group) is 1. The van der Waals surface area contributed by atoms with Gasteiger partial charge in [-0.3, -0.25) is 4.79 Å². The van der Waals surface area contributed by atoms with Gasteiger partial charge in [0.15, 0.2) is 0 Å². The number of carbonyl (C=O) groups excluding carboxylic acids is 1. The number of amides is 1. The molecular formula is C12H25N3O2. The van der Waals surface area contributed by atoms with E-state index in [0.29, 0.717) is 6.54 Å². The zero-order chi connectivity index (χ0) is 12.9. The smallest absolute Gasteiger partial charge is 0.234 e. The van der Waals surface area contributed by atoms with E-state index in [1.165, 1.54) is 0 Å². The fourth-order valence-corrected chi connectivity index (χ4v) is 1.80. The summed E-state index contributed by atoms with van der Waals surface area (Å²) in [6, 6.07) is 0. The van der Waals surface area contributed by atoms with Gasteiger partial charge in [-0.15, -0.1) is 0 Å². The second-order valence-electron chi connectivity index (χ2n) is 5.68. The molecule has 1 atom stereocenters. The van der Waals surface area contributed by atoms with Crippen LogP contribution in [0.15, 0.2) is 0 Å². The van der Waals surface area contributed by atoms with Crippen LogP contribution in [0.2, 0.25) is 0 Å². The van der Waals surface area contributed by atoms with Crippen molar-refractivity contribution in [3.8, 4) is 0 Å². The van der Waals surface area contributed by atoms with Crippen LogP contribution in [0.3, 0.4) is 0 Å². The molecule has 0 aromatic heterocycles. The number of morpholine rings is 1. The molecule has 5 heteroatoms. The topological polar surface area (TPSA) is 53.6 Å². The van der Waals surface area contributed by atoms with Gasteiger partial charge in [0.25, 0.3) is 0 Å². The molecule has 1 fully saturated rings. The summed E-state index contributed by atoms with van der Waals surface area (Å²) in [5.74, 6) is 0.0293. The van der Waals surface area contributed by atoms with Crippen LogP contribution in [0.5, 0.6) is 0 Å². The fourth-order valence-electron chi connectivity index (χ4n) is 1.80. The quantitative estimate of drug-likeness (QED) is 0.719. The summed E-state index contributed by atoms with van der Waals surface area (Å²) in [5.41, 5.74) is -0.166. The summed E-state index contributed by atoms with van der Waals surface area (Å²) >= 11 is 0. The van der Waals surface area contributed by atoms with Crippen LogP contribution < -0.4 is 10.6 Å². The molecule has 0 bridgehead atoms. The molecule has 1 unspecified atom stereocenters. The van der Waals surface area contributed by atoms with E-state index in [0.717, 1.165) is 26.2 Å². The summed E-state index contributed by atoms with van der Waals surface area (Å²) < 4.78 is 5.60. The predicted molar refractivity (Wildman–Crippen MR) is 68.0 cm³/mol. The van der Waals surface area contributed by atoms with Crippen LogP contribution in [0, 0.1) is 0 Å². The third-order valence-corrected chi connectivity index (χ3v) is 2.51. The van der Waals surface area contributed by atoms with Crippen LogP contribution in [0.25, 0.3) is 0 Å². The Kier molecular flexibility index (Phi) is 5.36. The molecule has 0 aliphatic carbocycles. The number of nitrogens with zero attached hydrogens (tertiary/aromatic N) is 1. The van der Waals surface area contributed by atoms with Gasteiger partial charge in [0.2, 0.25) is 5.91 Å². The van der Waals surface area contributed by atoms with Crippen LogP contribution in [-0.2, 0) is 9.53 Å². The summed E-state index contributed by atoms with van der Waals surface area (Å²) in [5, 5.41) is 6.05. The highest BCUT2D eigenvalue weighted by atomic mass is 16.5. The third-order valence-electron chi connectivity index (χ3n) is 2.51. The van der Waals surface area contributed by atoms with Gasteiger partial charge in [-0.1, -0.05) is 0 Å². The maximum atomic E-state index is 11.5. The molecule has 17 heavy (non-hydrogen) atoms. The first-order valence-electron chi connectivity index (χ1n) is 6.19. The Morgan fingerprint density at radius 2 is 2.18 bits per heavy atom. The zero-order valence-electron chi connectivity index (χ0n) is 11.4. The van der Waals surface area contributed by atoms with E-state index >= 15 is 0 Å². The predicted octanol–water partition coefficient (Wildman–Crippen LogP) is -0.179. The first-order chi connectivity index (χ1) is 7.87. The van der Waals surface area contributed by atoms with Crippen LogP contribution in [0.4, 0.5) is 0 Å². The Labute approximate surface area is 104 Å². The highest BCUT2D eigenvalue weighted by molar-refractivity contribution is 5.78. The van der Waals surface area contributed by atoms with E-state index in [-0.39, 0.29) is 17.6 Å². The lowest BCUT2D eigenvalue weighted by atomic mass is 10.1. The van der Waals surface area contributed by atoms with Crippen molar-refractivity contribution < 1.29 is 9.53 Å². The first kappa shape index (κ1) is 14.4. The van der Waals surface area contributed by atoms with Gasteiger partial charge >= 0.3 is 0 Å². The SMILES string of the molecule is CN1CCOC(CNCC(=O)NC(C)(C)C)C1. The van der Waals surface area contributed by atoms with E-state index in [1.54, 1.807) is 0 Å². The minimum Gasteiger partial charge on any atom is -0.374 e. The average molecular weight is 243 g/mol. The van der Waals surface area contributed by atoms with Crippen LogP contribution in [-0.4, -0.2) is 62.3 Å². The number of nitrogens with one attached hydrogen (secondary N) is 2. The van der Waals surface area contributed by atoms with Crippen molar-refractivity contribution in [1.29, 1.82) is 0 Å². The summed E-state index contributed by atoms with van der Waals surface area (Å²) in [4.78, 5) is 13.8. The zero-order valence-corrected chi connectivity index (χ0v) is 11.4. The van der Waals surface area contributed by atoms with Gasteiger partial charge in [0, 0.05) is 25.2 Å². The average Bonchev–Trinajstić information content (AvgIpc) is 2.14. The van der Waals surface area contributed by atoms with Gasteiger partial charge in [0.1, 0.15) is 0 Å². The molecule has 1 aliphatic heterocycles. The molecule has 100 valence electrons. The summed E-state index contributed by atoms with van der Waals surface area (Å²) in [7, 11) is 2.09. The van der Waals surface area contributed by atoms with E-state index in [1.807, 2.05) is 20.8 Å². The summed E-state index contributed by atoms with van der Waals surface area (Å²) in [6.07, 6.45) is 0.191. The molecule has 1 rings (SSSR count). The van der Waals surface area contributed by atoms with E-state index in [2.05, 4.69) is 22.6 Å². The molecule has 0 radical (unpaired) electrons. The van der Waals surface area contributed by atoms with Gasteiger partial charge < -0.3 is 20.3 Å². The Hall–Kier alpha value is -0.650. The molecule has 1 aliphatic rings. The van der Waals surface area contributed by atoms with Crippen molar-refractivity contribution in [2.45, 2.75) is 32.4 Å². The van der Waals surface area contributed by atoms with Crippen molar-refractivity contribution in [2.75, 3.05) is 39.8 Å². The van der Waals surface area contributed by atoms with Crippen molar-refractivity contribution in [3.63, 3.8) is 0 Å². The van der Waals surface area contributed by atoms with E-state index < -0.39 is 0 Å². The molecule has 0 saturated carbocycles. The monoisotopic (exact) mass is 243 g/mol. The number of carbonyl (C=O) groups is 1. The van der Waals surface area contributed by atoms with Crippen LogP contribution >= 0.6 is 0 Å². The highest BCUT2D eigenvalue weighted by Crippen LogP contribution is 2.01. The van der Waals surface area contributed by atoms with Crippen molar-refractivity contribution in [3.05, 3.63) is 0 Å². The van der Waals surface area contributed by atoms with Crippen molar-refractivity contribution >= 4 is 5.91 Å². The van der Waals surface area contributed by atoms with Gasteiger partial charge in [-0.25, -0.2) is 0 Å². The van der Waals surface area contributed by atoms with E-state index in [4.69, 9.17) is 4.74 Å². The number of hydrogen-bond acceptors (Lipinski definition) is 4. The summed E-state index contributed by atoms with van der Waals surface area (Å²) in [6.45, 7) is 9.69. The van der Waals surface area contributed by atoms with Crippen molar-refractivity contribution in [2.24, 2.45) is 0 Å². The molecule has 1 heterocycles. The van der Waals surface area contributed by atoms with E-state index in [9.17, 15) is 4.79 Å². The second kappa shape index (κ2) is 6.33. The Morgan fingerprint density at radius 3 is 2.76 bits per heavy atom. The maximum absolute atomic E-state index is 11.5. The first-order valence-corrected chi connectivity index (χ1v) is 6.19.